The van der Waals surface area contributed by atoms with Crippen molar-refractivity contribution in [1.82, 2.24) is 24.1 Å². The van der Waals surface area contributed by atoms with Crippen LogP contribution in [0.15, 0.2) is 57.8 Å². The van der Waals surface area contributed by atoms with Crippen LogP contribution >= 0.6 is 23.1 Å². The van der Waals surface area contributed by atoms with Crippen LogP contribution < -0.4 is 16.4 Å². The maximum absolute atomic E-state index is 13.9. The van der Waals surface area contributed by atoms with Crippen LogP contribution in [0.4, 0.5) is 9.52 Å². The topological polar surface area (TPSA) is 127 Å². The predicted octanol–water partition coefficient (Wildman–Crippen LogP) is 4.79. The molecule has 41 heavy (non-hydrogen) atoms. The zero-order valence-corrected chi connectivity index (χ0v) is 24.3. The maximum atomic E-state index is 13.9. The first-order valence-corrected chi connectivity index (χ1v) is 14.8. The molecule has 0 aliphatic carbocycles. The third-order valence-electron chi connectivity index (χ3n) is 6.29. The highest BCUT2D eigenvalue weighted by atomic mass is 32.2. The molecule has 4 aromatic heterocycles. The van der Waals surface area contributed by atoms with Crippen LogP contribution in [-0.2, 0) is 17.0 Å². The number of halogens is 1. The van der Waals surface area contributed by atoms with Crippen molar-refractivity contribution in [2.45, 2.75) is 49.9 Å². The molecule has 5 aromatic rings. The van der Waals surface area contributed by atoms with Gasteiger partial charge in [0, 0.05) is 25.1 Å². The Labute approximate surface area is 242 Å². The van der Waals surface area contributed by atoms with Crippen LogP contribution in [0, 0.1) is 18.2 Å². The van der Waals surface area contributed by atoms with E-state index in [-0.39, 0.29) is 39.0 Å². The van der Waals surface area contributed by atoms with Crippen molar-refractivity contribution in [2.75, 3.05) is 11.9 Å². The number of aryl methyl sites for hydroxylation is 2. The van der Waals surface area contributed by atoms with Crippen LogP contribution in [0.2, 0.25) is 0 Å². The number of hydrogen-bond donors (Lipinski definition) is 2. The lowest BCUT2D eigenvalue weighted by Gasteiger charge is -2.15. The number of amides is 1. The highest BCUT2D eigenvalue weighted by molar-refractivity contribution is 8.00. The van der Waals surface area contributed by atoms with Gasteiger partial charge in [-0.25, -0.2) is 9.37 Å². The van der Waals surface area contributed by atoms with Crippen molar-refractivity contribution in [2.24, 2.45) is 0 Å². The van der Waals surface area contributed by atoms with E-state index in [1.165, 1.54) is 28.3 Å². The van der Waals surface area contributed by atoms with Gasteiger partial charge in [0.05, 0.1) is 17.1 Å². The zero-order valence-electron chi connectivity index (χ0n) is 22.7. The molecule has 0 fully saturated rings. The standard InChI is InChI=1S/C28H28FN7O3S2/c1-16(2)39-13-7-12-35-22(30)19(14-20-24(35)31-23-17(3)8-6-11-36(23)26(20)38)25(37)32-27-33-34-28(41-27)40-15-18-9-4-5-10-21(18)29/h4-6,8-11,14,16,30H,7,12-13,15H2,1-3H3,(H,32,33,37). The second-order valence-corrected chi connectivity index (χ2v) is 11.8. The first-order chi connectivity index (χ1) is 19.7. The van der Waals surface area contributed by atoms with Crippen LogP contribution in [0.3, 0.4) is 0 Å². The average Bonchev–Trinajstić information content (AvgIpc) is 3.39. The number of benzene rings is 1. The van der Waals surface area contributed by atoms with E-state index >= 15 is 0 Å². The van der Waals surface area contributed by atoms with Crippen molar-refractivity contribution in [1.29, 1.82) is 5.41 Å². The number of pyridine rings is 2. The lowest BCUT2D eigenvalue weighted by atomic mass is 10.2. The van der Waals surface area contributed by atoms with E-state index in [9.17, 15) is 14.0 Å². The normalized spacial score (nSPS) is 11.5. The first kappa shape index (κ1) is 28.6. The number of aromatic nitrogens is 5. The largest absolute Gasteiger partial charge is 0.379 e. The van der Waals surface area contributed by atoms with Gasteiger partial charge in [0.2, 0.25) is 5.13 Å². The Bertz CT molecular complexity index is 1870. The Kier molecular flexibility index (Phi) is 8.57. The number of nitrogens with one attached hydrogen (secondary N) is 2. The van der Waals surface area contributed by atoms with Crippen LogP contribution in [0.1, 0.15) is 41.8 Å². The molecule has 1 amide bonds. The summed E-state index contributed by atoms with van der Waals surface area (Å²) in [6, 6.07) is 11.5. The molecular formula is C28H28FN7O3S2. The van der Waals surface area contributed by atoms with Gasteiger partial charge >= 0.3 is 0 Å². The number of nitrogens with zero attached hydrogens (tertiary/aromatic N) is 5. The summed E-state index contributed by atoms with van der Waals surface area (Å²) in [4.78, 5) is 31.6. The van der Waals surface area contributed by atoms with E-state index in [0.717, 1.165) is 16.9 Å². The third kappa shape index (κ3) is 6.21. The minimum atomic E-state index is -0.598. The Morgan fingerprint density at radius 2 is 2.00 bits per heavy atom. The van der Waals surface area contributed by atoms with Gasteiger partial charge in [0.15, 0.2) is 4.34 Å². The minimum Gasteiger partial charge on any atom is -0.379 e. The molecule has 4 heterocycles. The number of anilines is 1. The highest BCUT2D eigenvalue weighted by Gasteiger charge is 2.19. The number of hydrogen-bond acceptors (Lipinski definition) is 9. The fraction of sp³-hybridized carbons (Fsp3) is 0.286. The van der Waals surface area contributed by atoms with Gasteiger partial charge in [-0.05, 0) is 56.5 Å². The summed E-state index contributed by atoms with van der Waals surface area (Å²) < 4.78 is 23.2. The summed E-state index contributed by atoms with van der Waals surface area (Å²) in [6.07, 6.45) is 2.25. The van der Waals surface area contributed by atoms with Crippen LogP contribution in [0.5, 0.6) is 0 Å². The van der Waals surface area contributed by atoms with Crippen molar-refractivity contribution >= 4 is 50.8 Å². The quantitative estimate of drug-likeness (QED) is 0.103. The molecule has 5 rings (SSSR count). The monoisotopic (exact) mass is 593 g/mol. The molecule has 0 aliphatic rings. The Balaban J connectivity index is 1.46. The summed E-state index contributed by atoms with van der Waals surface area (Å²) in [5.74, 6) is -0.531. The SMILES string of the molecule is Cc1cccn2c(=O)c3cc(C(=O)Nc4nnc(SCc5ccccc5F)s4)c(=N)n(CCCOC(C)C)c3nc12. The van der Waals surface area contributed by atoms with E-state index in [1.54, 1.807) is 35.0 Å². The molecular weight excluding hydrogens is 565 g/mol. The summed E-state index contributed by atoms with van der Waals surface area (Å²) in [5, 5.41) is 20.2. The molecule has 0 bridgehead atoms. The Hall–Kier alpha value is -3.94. The van der Waals surface area contributed by atoms with E-state index in [2.05, 4.69) is 15.5 Å². The summed E-state index contributed by atoms with van der Waals surface area (Å²) in [7, 11) is 0. The molecule has 0 saturated heterocycles. The lowest BCUT2D eigenvalue weighted by molar-refractivity contribution is 0.0748. The molecule has 2 N–H and O–H groups in total. The Morgan fingerprint density at radius 1 is 1.20 bits per heavy atom. The van der Waals surface area contributed by atoms with Gasteiger partial charge in [0.1, 0.15) is 22.6 Å². The number of rotatable bonds is 10. The van der Waals surface area contributed by atoms with Crippen molar-refractivity contribution in [3.8, 4) is 0 Å². The van der Waals surface area contributed by atoms with Crippen molar-refractivity contribution in [3.63, 3.8) is 0 Å². The van der Waals surface area contributed by atoms with Gasteiger partial charge in [0.25, 0.3) is 11.5 Å². The summed E-state index contributed by atoms with van der Waals surface area (Å²) in [6.45, 7) is 6.53. The number of ether oxygens (including phenoxy) is 1. The molecule has 0 saturated carbocycles. The molecule has 1 aromatic carbocycles. The molecule has 10 nitrogen and oxygen atoms in total. The number of fused-ring (bicyclic) bond motifs is 2. The fourth-order valence-electron chi connectivity index (χ4n) is 4.27. The zero-order chi connectivity index (χ0) is 29.1. The van der Waals surface area contributed by atoms with E-state index in [0.29, 0.717) is 46.5 Å². The molecule has 13 heteroatoms. The second-order valence-electron chi connectivity index (χ2n) is 9.58. The predicted molar refractivity (Wildman–Crippen MR) is 157 cm³/mol. The molecule has 0 aliphatic heterocycles. The number of carbonyl (C=O) groups excluding carboxylic acids is 1. The lowest BCUT2D eigenvalue weighted by Crippen LogP contribution is -2.32. The minimum absolute atomic E-state index is 0.00420. The first-order valence-electron chi connectivity index (χ1n) is 13.0. The molecule has 212 valence electrons. The van der Waals surface area contributed by atoms with E-state index < -0.39 is 5.91 Å². The Morgan fingerprint density at radius 3 is 2.78 bits per heavy atom. The van der Waals surface area contributed by atoms with E-state index in [1.807, 2.05) is 26.8 Å². The van der Waals surface area contributed by atoms with Crippen molar-refractivity contribution < 1.29 is 13.9 Å². The van der Waals surface area contributed by atoms with Gasteiger partial charge in [-0.1, -0.05) is 47.4 Å². The number of carbonyl (C=O) groups is 1. The molecule has 0 spiro atoms. The summed E-state index contributed by atoms with van der Waals surface area (Å²) in [5.41, 5.74) is 1.76. The number of thioether (sulfide) groups is 1. The average molecular weight is 594 g/mol. The second kappa shape index (κ2) is 12.3. The maximum Gasteiger partial charge on any atom is 0.267 e. The third-order valence-corrected chi connectivity index (χ3v) is 8.31. The van der Waals surface area contributed by atoms with Gasteiger partial charge in [-0.3, -0.25) is 24.7 Å². The summed E-state index contributed by atoms with van der Waals surface area (Å²) >= 11 is 2.45. The van der Waals surface area contributed by atoms with Crippen molar-refractivity contribution in [3.05, 3.63) is 87.0 Å². The molecule has 0 unspecified atom stereocenters. The smallest absolute Gasteiger partial charge is 0.267 e. The fourth-order valence-corrected chi connectivity index (χ4v) is 6.00. The van der Waals surface area contributed by atoms with Crippen LogP contribution in [0.25, 0.3) is 16.7 Å². The highest BCUT2D eigenvalue weighted by Crippen LogP contribution is 2.29. The van der Waals surface area contributed by atoms with Gasteiger partial charge in [-0.15, -0.1) is 10.2 Å². The van der Waals surface area contributed by atoms with E-state index in [4.69, 9.17) is 15.1 Å². The van der Waals surface area contributed by atoms with Gasteiger partial charge in [-0.2, -0.15) is 0 Å². The molecule has 0 radical (unpaired) electrons. The van der Waals surface area contributed by atoms with Crippen LogP contribution in [-0.4, -0.2) is 42.8 Å². The molecule has 0 atom stereocenters. The van der Waals surface area contributed by atoms with Gasteiger partial charge < -0.3 is 9.30 Å².